The van der Waals surface area contributed by atoms with E-state index in [9.17, 15) is 4.39 Å². The molecule has 1 atom stereocenters. The van der Waals surface area contributed by atoms with Crippen LogP contribution in [0.3, 0.4) is 0 Å². The fraction of sp³-hybridized carbons (Fsp3) is 0.100. The zero-order valence-corrected chi connectivity index (χ0v) is 15.6. The number of H-pyrrole nitrogens is 1. The molecule has 0 aliphatic rings. The molecule has 4 rings (SSSR count). The van der Waals surface area contributed by atoms with Crippen molar-refractivity contribution in [2.75, 3.05) is 5.73 Å². The Labute approximate surface area is 165 Å². The second-order valence-corrected chi connectivity index (χ2v) is 6.52. The smallest absolute Gasteiger partial charge is 0.146 e. The van der Waals surface area contributed by atoms with E-state index < -0.39 is 0 Å². The molecule has 3 aromatic heterocycles. The molecule has 1 aromatic carbocycles. The average Bonchev–Trinajstić information content (AvgIpc) is 3.34. The number of halogens is 1. The van der Waals surface area contributed by atoms with Gasteiger partial charge in [0.15, 0.2) is 0 Å². The maximum absolute atomic E-state index is 14.1. The van der Waals surface area contributed by atoms with Gasteiger partial charge in [0.2, 0.25) is 0 Å². The van der Waals surface area contributed by atoms with Crippen LogP contribution in [0.15, 0.2) is 55.3 Å². The van der Waals surface area contributed by atoms with E-state index in [4.69, 9.17) is 16.9 Å². The highest BCUT2D eigenvalue weighted by atomic mass is 19.1. The summed E-state index contributed by atoms with van der Waals surface area (Å²) in [6.45, 7) is 1.95. The second-order valence-electron chi connectivity index (χ2n) is 6.52. The molecule has 0 aliphatic heterocycles. The number of nitrogens with one attached hydrogen (secondary N) is 2. The van der Waals surface area contributed by atoms with Gasteiger partial charge in [-0.25, -0.2) is 19.3 Å². The molecule has 6 N–H and O–H groups in total. The van der Waals surface area contributed by atoms with Gasteiger partial charge in [-0.15, -0.1) is 0 Å². The Bertz CT molecular complexity index is 1240. The van der Waals surface area contributed by atoms with Crippen LogP contribution in [0, 0.1) is 11.2 Å². The Morgan fingerprint density at radius 2 is 2.07 bits per heavy atom. The lowest BCUT2D eigenvalue weighted by molar-refractivity contribution is 0.628. The lowest BCUT2D eigenvalue weighted by atomic mass is 10.1. The number of rotatable bonds is 5. The number of aromatic nitrogens is 5. The van der Waals surface area contributed by atoms with Crippen LogP contribution in [0.2, 0.25) is 0 Å². The molecule has 8 nitrogen and oxygen atoms in total. The zero-order chi connectivity index (χ0) is 20.5. The molecule has 146 valence electrons. The normalized spacial score (nSPS) is 12.6. The van der Waals surface area contributed by atoms with E-state index in [2.05, 4.69) is 19.9 Å². The van der Waals surface area contributed by atoms with Crippen molar-refractivity contribution in [1.29, 1.82) is 5.41 Å². The molecule has 0 fully saturated rings. The third kappa shape index (κ3) is 3.12. The summed E-state index contributed by atoms with van der Waals surface area (Å²) >= 11 is 0. The molecule has 0 saturated carbocycles. The van der Waals surface area contributed by atoms with Crippen molar-refractivity contribution < 1.29 is 4.39 Å². The summed E-state index contributed by atoms with van der Waals surface area (Å²) in [5, 5.41) is 8.83. The number of nitrogens with zero attached hydrogens (tertiary/aromatic N) is 4. The molecule has 4 aromatic rings. The van der Waals surface area contributed by atoms with Crippen LogP contribution < -0.4 is 11.5 Å². The monoisotopic (exact) mass is 390 g/mol. The van der Waals surface area contributed by atoms with Gasteiger partial charge in [-0.05, 0) is 31.3 Å². The molecule has 0 radical (unpaired) electrons. The molecule has 3 heterocycles. The number of imidazole rings is 1. The minimum absolute atomic E-state index is 0.196. The van der Waals surface area contributed by atoms with Crippen molar-refractivity contribution in [3.05, 3.63) is 72.3 Å². The van der Waals surface area contributed by atoms with Gasteiger partial charge in [0.05, 0.1) is 34.6 Å². The van der Waals surface area contributed by atoms with Crippen molar-refractivity contribution in [3.8, 4) is 11.4 Å². The predicted molar refractivity (Wildman–Crippen MR) is 110 cm³/mol. The van der Waals surface area contributed by atoms with Crippen LogP contribution in [0.25, 0.3) is 22.4 Å². The Morgan fingerprint density at radius 1 is 1.28 bits per heavy atom. The number of nitrogen functional groups attached to an aromatic ring is 1. The number of nitrogens with two attached hydrogens (primary N) is 2. The SMILES string of the molecule is CC(c1cnc(-c2ccccc2F)[nH]1)n1cc(C(=N)/C=C\N)c2c(N)ncnc21. The maximum Gasteiger partial charge on any atom is 0.146 e. The minimum atomic E-state index is -0.350. The van der Waals surface area contributed by atoms with E-state index in [1.165, 1.54) is 24.7 Å². The van der Waals surface area contributed by atoms with Crippen LogP contribution in [-0.4, -0.2) is 30.2 Å². The van der Waals surface area contributed by atoms with Gasteiger partial charge >= 0.3 is 0 Å². The lowest BCUT2D eigenvalue weighted by Gasteiger charge is -2.13. The van der Waals surface area contributed by atoms with E-state index in [1.807, 2.05) is 11.5 Å². The summed E-state index contributed by atoms with van der Waals surface area (Å²) in [5.74, 6) is 0.370. The molecule has 0 spiro atoms. The largest absolute Gasteiger partial charge is 0.405 e. The summed E-state index contributed by atoms with van der Waals surface area (Å²) in [6.07, 6.45) is 7.60. The first kappa shape index (κ1) is 18.4. The van der Waals surface area contributed by atoms with E-state index in [0.29, 0.717) is 28.0 Å². The minimum Gasteiger partial charge on any atom is -0.405 e. The standard InChI is InChI=1S/C20H19FN8/c1-11(16-8-25-19(28-16)12-4-2-3-5-14(12)21)29-9-13(15(23)6-7-22)17-18(24)26-10-27-20(17)29/h2-11,23H,22H2,1H3,(H,25,28)(H2,24,26,27)/b7-6-,23-15?. The number of hydrogen-bond donors (Lipinski definition) is 4. The zero-order valence-electron chi connectivity index (χ0n) is 15.6. The molecule has 0 amide bonds. The van der Waals surface area contributed by atoms with Crippen LogP contribution in [0.5, 0.6) is 0 Å². The summed E-state index contributed by atoms with van der Waals surface area (Å²) in [7, 11) is 0. The van der Waals surface area contributed by atoms with Crippen molar-refractivity contribution in [3.63, 3.8) is 0 Å². The molecule has 0 saturated heterocycles. The van der Waals surface area contributed by atoms with E-state index >= 15 is 0 Å². The highest BCUT2D eigenvalue weighted by Gasteiger charge is 2.21. The number of aromatic amines is 1. The van der Waals surface area contributed by atoms with Gasteiger partial charge in [0, 0.05) is 11.8 Å². The maximum atomic E-state index is 14.1. The Morgan fingerprint density at radius 3 is 2.83 bits per heavy atom. The topological polar surface area (TPSA) is 135 Å². The first-order valence-electron chi connectivity index (χ1n) is 8.89. The molecule has 9 heteroatoms. The number of hydrogen-bond acceptors (Lipinski definition) is 6. The highest BCUT2D eigenvalue weighted by molar-refractivity contribution is 6.16. The Balaban J connectivity index is 1.81. The third-order valence-electron chi connectivity index (χ3n) is 4.78. The number of benzene rings is 1. The third-order valence-corrected chi connectivity index (χ3v) is 4.78. The fourth-order valence-corrected chi connectivity index (χ4v) is 3.28. The van der Waals surface area contributed by atoms with Crippen LogP contribution in [-0.2, 0) is 0 Å². The number of fused-ring (bicyclic) bond motifs is 1. The fourth-order valence-electron chi connectivity index (χ4n) is 3.28. The van der Waals surface area contributed by atoms with Gasteiger partial charge in [0.25, 0.3) is 0 Å². The summed E-state index contributed by atoms with van der Waals surface area (Å²) < 4.78 is 16.0. The molecule has 29 heavy (non-hydrogen) atoms. The molecule has 0 bridgehead atoms. The van der Waals surface area contributed by atoms with Crippen molar-refractivity contribution >= 4 is 22.6 Å². The first-order chi connectivity index (χ1) is 14.0. The predicted octanol–water partition coefficient (Wildman–Crippen LogP) is 2.99. The van der Waals surface area contributed by atoms with E-state index in [-0.39, 0.29) is 23.4 Å². The van der Waals surface area contributed by atoms with E-state index in [1.54, 1.807) is 30.6 Å². The molecule has 0 aliphatic carbocycles. The van der Waals surface area contributed by atoms with Gasteiger partial charge < -0.3 is 26.4 Å². The highest BCUT2D eigenvalue weighted by Crippen LogP contribution is 2.30. The van der Waals surface area contributed by atoms with Gasteiger partial charge in [0.1, 0.15) is 29.4 Å². The quantitative estimate of drug-likeness (QED) is 0.389. The Hall–Kier alpha value is -4.01. The van der Waals surface area contributed by atoms with Gasteiger partial charge in [-0.2, -0.15) is 0 Å². The molecular weight excluding hydrogens is 371 g/mol. The van der Waals surface area contributed by atoms with Crippen molar-refractivity contribution in [2.24, 2.45) is 5.73 Å². The average molecular weight is 390 g/mol. The summed E-state index contributed by atoms with van der Waals surface area (Å²) in [6, 6.07) is 6.21. The summed E-state index contributed by atoms with van der Waals surface area (Å²) in [5.41, 5.74) is 14.0. The van der Waals surface area contributed by atoms with Crippen molar-refractivity contribution in [2.45, 2.75) is 13.0 Å². The van der Waals surface area contributed by atoms with Crippen LogP contribution in [0.4, 0.5) is 10.2 Å². The first-order valence-corrected chi connectivity index (χ1v) is 8.89. The molecular formula is C20H19FN8. The number of anilines is 1. The van der Waals surface area contributed by atoms with Gasteiger partial charge in [-0.1, -0.05) is 12.1 Å². The Kier molecular flexibility index (Phi) is 4.55. The lowest BCUT2D eigenvalue weighted by Crippen LogP contribution is -2.07. The number of allylic oxidation sites excluding steroid dienone is 1. The second kappa shape index (κ2) is 7.19. The van der Waals surface area contributed by atoms with E-state index in [0.717, 1.165) is 5.69 Å². The van der Waals surface area contributed by atoms with Crippen LogP contribution >= 0.6 is 0 Å². The van der Waals surface area contributed by atoms with Gasteiger partial charge in [-0.3, -0.25) is 0 Å². The van der Waals surface area contributed by atoms with Crippen LogP contribution in [0.1, 0.15) is 24.2 Å². The van der Waals surface area contributed by atoms with Crippen molar-refractivity contribution in [1.82, 2.24) is 24.5 Å². The molecule has 1 unspecified atom stereocenters. The summed E-state index contributed by atoms with van der Waals surface area (Å²) in [4.78, 5) is 15.9.